The second-order valence-corrected chi connectivity index (χ2v) is 9.59. The third-order valence-electron chi connectivity index (χ3n) is 6.73. The molecule has 0 spiro atoms. The summed E-state index contributed by atoms with van der Waals surface area (Å²) in [5.41, 5.74) is 2.65. The first-order chi connectivity index (χ1) is 16.6. The molecule has 0 N–H and O–H groups in total. The Morgan fingerprint density at radius 1 is 1.12 bits per heavy atom. The second kappa shape index (κ2) is 10.2. The molecule has 2 aromatic carbocycles. The van der Waals surface area contributed by atoms with Crippen LogP contribution in [0.15, 0.2) is 54.6 Å². The number of aryl methyl sites for hydroxylation is 1. The summed E-state index contributed by atoms with van der Waals surface area (Å²) in [7, 11) is 0. The molecule has 6 nitrogen and oxygen atoms in total. The van der Waals surface area contributed by atoms with Gasteiger partial charge in [0.2, 0.25) is 11.8 Å². The highest BCUT2D eigenvalue weighted by Crippen LogP contribution is 2.34. The van der Waals surface area contributed by atoms with Gasteiger partial charge in [0.15, 0.2) is 0 Å². The number of carbonyl (C=O) groups excluding carboxylic acids is 1. The quantitative estimate of drug-likeness (QED) is 0.401. The number of halogens is 1. The van der Waals surface area contributed by atoms with Gasteiger partial charge in [-0.25, -0.2) is 4.68 Å². The molecule has 34 heavy (non-hydrogen) atoms. The Kier molecular flexibility index (Phi) is 6.88. The minimum absolute atomic E-state index is 0.0918. The Morgan fingerprint density at radius 3 is 2.53 bits per heavy atom. The molecule has 3 aromatic rings. The number of rotatable bonds is 8. The number of aromatic nitrogens is 2. The monoisotopic (exact) mass is 479 g/mol. The molecule has 1 aliphatic heterocycles. The number of hydrogen-bond donors (Lipinski definition) is 0. The zero-order valence-corrected chi connectivity index (χ0v) is 20.2. The SMILES string of the molecule is Cc1nn(-c2ccccc2)c(Oc2ccc(Cl)cc2)c1CN(CC1CCCO1)C(=O)C1CCC1. The van der Waals surface area contributed by atoms with Crippen molar-refractivity contribution in [2.24, 2.45) is 5.92 Å². The largest absolute Gasteiger partial charge is 0.439 e. The van der Waals surface area contributed by atoms with Gasteiger partial charge in [0.05, 0.1) is 29.6 Å². The lowest BCUT2D eigenvalue weighted by Gasteiger charge is -2.33. The van der Waals surface area contributed by atoms with Crippen LogP contribution in [0.25, 0.3) is 5.69 Å². The first-order valence-electron chi connectivity index (χ1n) is 12.1. The van der Waals surface area contributed by atoms with Crippen LogP contribution in [0, 0.1) is 12.8 Å². The van der Waals surface area contributed by atoms with Crippen LogP contribution in [0.3, 0.4) is 0 Å². The van der Waals surface area contributed by atoms with Gasteiger partial charge in [-0.15, -0.1) is 0 Å². The molecule has 1 atom stereocenters. The highest BCUT2D eigenvalue weighted by Gasteiger charge is 2.33. The molecule has 1 aliphatic carbocycles. The highest BCUT2D eigenvalue weighted by molar-refractivity contribution is 6.30. The molecule has 1 saturated heterocycles. The lowest BCUT2D eigenvalue weighted by Crippen LogP contribution is -2.42. The molecular formula is C27H30ClN3O3. The van der Waals surface area contributed by atoms with E-state index in [9.17, 15) is 4.79 Å². The highest BCUT2D eigenvalue weighted by atomic mass is 35.5. The van der Waals surface area contributed by atoms with E-state index in [1.54, 1.807) is 12.1 Å². The minimum atomic E-state index is 0.0918. The van der Waals surface area contributed by atoms with Gasteiger partial charge < -0.3 is 14.4 Å². The van der Waals surface area contributed by atoms with Gasteiger partial charge in [0, 0.05) is 24.1 Å². The van der Waals surface area contributed by atoms with Crippen LogP contribution in [-0.2, 0) is 16.1 Å². The lowest BCUT2D eigenvalue weighted by molar-refractivity contribution is -0.140. The van der Waals surface area contributed by atoms with Crippen molar-refractivity contribution in [3.8, 4) is 17.3 Å². The minimum Gasteiger partial charge on any atom is -0.439 e. The third-order valence-corrected chi connectivity index (χ3v) is 6.98. The zero-order chi connectivity index (χ0) is 23.5. The van der Waals surface area contributed by atoms with E-state index in [2.05, 4.69) is 0 Å². The smallest absolute Gasteiger partial charge is 0.227 e. The van der Waals surface area contributed by atoms with Crippen molar-refractivity contribution >= 4 is 17.5 Å². The fraction of sp³-hybridized carbons (Fsp3) is 0.407. The van der Waals surface area contributed by atoms with Crippen molar-refractivity contribution in [2.45, 2.75) is 51.7 Å². The lowest BCUT2D eigenvalue weighted by atomic mass is 9.84. The van der Waals surface area contributed by atoms with E-state index in [1.807, 2.05) is 59.0 Å². The van der Waals surface area contributed by atoms with Gasteiger partial charge in [-0.05, 0) is 69.0 Å². The first kappa shape index (κ1) is 22.9. The Morgan fingerprint density at radius 2 is 1.88 bits per heavy atom. The summed E-state index contributed by atoms with van der Waals surface area (Å²) >= 11 is 6.08. The van der Waals surface area contributed by atoms with Crippen LogP contribution in [0.5, 0.6) is 11.6 Å². The molecular weight excluding hydrogens is 450 g/mol. The van der Waals surface area contributed by atoms with Crippen LogP contribution >= 0.6 is 11.6 Å². The zero-order valence-electron chi connectivity index (χ0n) is 19.5. The Hall–Kier alpha value is -2.83. The van der Waals surface area contributed by atoms with E-state index in [1.165, 1.54) is 0 Å². The molecule has 2 heterocycles. The molecule has 5 rings (SSSR count). The van der Waals surface area contributed by atoms with E-state index < -0.39 is 0 Å². The van der Waals surface area contributed by atoms with Gasteiger partial charge in [-0.2, -0.15) is 5.10 Å². The molecule has 7 heteroatoms. The Balaban J connectivity index is 1.50. The summed E-state index contributed by atoms with van der Waals surface area (Å²) in [5, 5.41) is 5.46. The predicted molar refractivity (Wildman–Crippen MR) is 132 cm³/mol. The third kappa shape index (κ3) is 4.98. The van der Waals surface area contributed by atoms with Gasteiger partial charge in [-0.1, -0.05) is 36.2 Å². The fourth-order valence-electron chi connectivity index (χ4n) is 4.55. The molecule has 2 fully saturated rings. The Bertz CT molecular complexity index is 1120. The molecule has 1 unspecified atom stereocenters. The van der Waals surface area contributed by atoms with Crippen molar-refractivity contribution in [3.05, 3.63) is 70.9 Å². The first-order valence-corrected chi connectivity index (χ1v) is 12.4. The molecule has 0 radical (unpaired) electrons. The summed E-state index contributed by atoms with van der Waals surface area (Å²) in [6.07, 6.45) is 5.19. The summed E-state index contributed by atoms with van der Waals surface area (Å²) in [4.78, 5) is 15.4. The van der Waals surface area contributed by atoms with E-state index in [0.29, 0.717) is 29.7 Å². The van der Waals surface area contributed by atoms with E-state index in [4.69, 9.17) is 26.2 Å². The predicted octanol–water partition coefficient (Wildman–Crippen LogP) is 5.93. The molecule has 2 aliphatic rings. The van der Waals surface area contributed by atoms with Crippen LogP contribution < -0.4 is 4.74 Å². The number of carbonyl (C=O) groups is 1. The number of ether oxygens (including phenoxy) is 2. The summed E-state index contributed by atoms with van der Waals surface area (Å²) in [5.74, 6) is 1.61. The van der Waals surface area contributed by atoms with Crippen molar-refractivity contribution in [2.75, 3.05) is 13.2 Å². The molecule has 1 amide bonds. The van der Waals surface area contributed by atoms with Gasteiger partial charge in [0.1, 0.15) is 5.75 Å². The average molecular weight is 480 g/mol. The normalized spacial score (nSPS) is 18.0. The molecule has 1 aromatic heterocycles. The number of amides is 1. The van der Waals surface area contributed by atoms with Gasteiger partial charge in [-0.3, -0.25) is 4.79 Å². The second-order valence-electron chi connectivity index (χ2n) is 9.15. The van der Waals surface area contributed by atoms with Crippen LogP contribution in [0.1, 0.15) is 43.4 Å². The number of hydrogen-bond acceptors (Lipinski definition) is 4. The molecule has 0 bridgehead atoms. The van der Waals surface area contributed by atoms with Crippen molar-refractivity contribution in [1.82, 2.24) is 14.7 Å². The van der Waals surface area contributed by atoms with E-state index in [0.717, 1.165) is 55.7 Å². The summed E-state index contributed by atoms with van der Waals surface area (Å²) in [6, 6.07) is 17.2. The maximum absolute atomic E-state index is 13.4. The maximum atomic E-state index is 13.4. The number of benzene rings is 2. The number of para-hydroxylation sites is 1. The van der Waals surface area contributed by atoms with Crippen LogP contribution in [0.2, 0.25) is 5.02 Å². The van der Waals surface area contributed by atoms with Gasteiger partial charge >= 0.3 is 0 Å². The Labute approximate surface area is 205 Å². The average Bonchev–Trinajstić information content (AvgIpc) is 3.43. The maximum Gasteiger partial charge on any atom is 0.227 e. The summed E-state index contributed by atoms with van der Waals surface area (Å²) in [6.45, 7) is 3.79. The van der Waals surface area contributed by atoms with Gasteiger partial charge in [0.25, 0.3) is 0 Å². The molecule has 1 saturated carbocycles. The van der Waals surface area contributed by atoms with E-state index in [-0.39, 0.29) is 17.9 Å². The van der Waals surface area contributed by atoms with Crippen LogP contribution in [0.4, 0.5) is 0 Å². The fourth-order valence-corrected chi connectivity index (χ4v) is 4.68. The number of nitrogens with zero attached hydrogens (tertiary/aromatic N) is 3. The standard InChI is InChI=1S/C27H30ClN3O3/c1-19-25(18-30(17-24-11-6-16-33-24)26(32)20-7-5-8-20)27(34-23-14-12-21(28)13-15-23)31(29-19)22-9-3-2-4-10-22/h2-4,9-10,12-15,20,24H,5-8,11,16-18H2,1H3. The van der Waals surface area contributed by atoms with Crippen molar-refractivity contribution in [3.63, 3.8) is 0 Å². The van der Waals surface area contributed by atoms with E-state index >= 15 is 0 Å². The molecule has 178 valence electrons. The topological polar surface area (TPSA) is 56.6 Å². The van der Waals surface area contributed by atoms with Crippen LogP contribution in [-0.4, -0.2) is 39.8 Å². The van der Waals surface area contributed by atoms with Crippen molar-refractivity contribution in [1.29, 1.82) is 0 Å². The van der Waals surface area contributed by atoms with Crippen molar-refractivity contribution < 1.29 is 14.3 Å². The summed E-state index contributed by atoms with van der Waals surface area (Å²) < 4.78 is 14.1.